The van der Waals surface area contributed by atoms with Crippen LogP contribution in [0, 0.1) is 5.92 Å². The molecule has 1 saturated heterocycles. The highest BCUT2D eigenvalue weighted by Gasteiger charge is 2.27. The summed E-state index contributed by atoms with van der Waals surface area (Å²) in [5, 5.41) is 17.0. The topological polar surface area (TPSA) is 87.5 Å². The standard InChI is InChI=1S/C18H21ClN4O3/c1-2-16-15(11-20-23(16)14-5-3-13(19)4-6-14)21-18(26)22-9-7-12(8-10-22)17(24)25/h3-6,11-12H,2,7-10H2,1H3,(H,21,26)(H,24,25). The van der Waals surface area contributed by atoms with Gasteiger partial charge in [0.25, 0.3) is 0 Å². The molecule has 7 nitrogen and oxygen atoms in total. The number of carboxylic acid groups (broad SMARTS) is 1. The second kappa shape index (κ2) is 7.78. The smallest absolute Gasteiger partial charge is 0.321 e. The Morgan fingerprint density at radius 3 is 2.50 bits per heavy atom. The van der Waals surface area contributed by atoms with Gasteiger partial charge in [-0.25, -0.2) is 9.48 Å². The van der Waals surface area contributed by atoms with Crippen LogP contribution in [-0.4, -0.2) is 44.9 Å². The van der Waals surface area contributed by atoms with Gasteiger partial charge < -0.3 is 15.3 Å². The van der Waals surface area contributed by atoms with Crippen LogP contribution in [0.25, 0.3) is 5.69 Å². The molecule has 3 rings (SSSR count). The van der Waals surface area contributed by atoms with E-state index in [1.165, 1.54) is 0 Å². The third-order valence-electron chi connectivity index (χ3n) is 4.65. The Labute approximate surface area is 156 Å². The van der Waals surface area contributed by atoms with E-state index in [9.17, 15) is 9.59 Å². The quantitative estimate of drug-likeness (QED) is 0.855. The van der Waals surface area contributed by atoms with Crippen LogP contribution in [0.2, 0.25) is 5.02 Å². The average molecular weight is 377 g/mol. The monoisotopic (exact) mass is 376 g/mol. The van der Waals surface area contributed by atoms with E-state index >= 15 is 0 Å². The average Bonchev–Trinajstić information content (AvgIpc) is 3.04. The number of piperidine rings is 1. The van der Waals surface area contributed by atoms with E-state index in [-0.39, 0.29) is 11.9 Å². The summed E-state index contributed by atoms with van der Waals surface area (Å²) in [5.74, 6) is -1.15. The number of amides is 2. The number of likely N-dealkylation sites (tertiary alicyclic amines) is 1. The fourth-order valence-electron chi connectivity index (χ4n) is 3.15. The predicted octanol–water partition coefficient (Wildman–Crippen LogP) is 3.42. The van der Waals surface area contributed by atoms with E-state index < -0.39 is 5.97 Å². The molecule has 2 aromatic rings. The first kappa shape index (κ1) is 18.3. The number of carbonyl (C=O) groups is 2. The van der Waals surface area contributed by atoms with Crippen molar-refractivity contribution in [3.05, 3.63) is 41.2 Å². The molecule has 1 aromatic carbocycles. The largest absolute Gasteiger partial charge is 0.481 e. The summed E-state index contributed by atoms with van der Waals surface area (Å²) in [5.41, 5.74) is 2.42. The van der Waals surface area contributed by atoms with Gasteiger partial charge in [-0.3, -0.25) is 4.79 Å². The van der Waals surface area contributed by atoms with Gasteiger partial charge in [0, 0.05) is 18.1 Å². The zero-order valence-electron chi connectivity index (χ0n) is 14.5. The second-order valence-electron chi connectivity index (χ2n) is 6.28. The molecule has 0 unspecified atom stereocenters. The van der Waals surface area contributed by atoms with Crippen LogP contribution in [-0.2, 0) is 11.2 Å². The maximum atomic E-state index is 12.5. The Morgan fingerprint density at radius 2 is 1.92 bits per heavy atom. The third-order valence-corrected chi connectivity index (χ3v) is 4.90. The lowest BCUT2D eigenvalue weighted by Gasteiger charge is -2.30. The Bertz CT molecular complexity index is 795. The molecule has 0 radical (unpaired) electrons. The number of nitrogens with zero attached hydrogens (tertiary/aromatic N) is 3. The number of hydrogen-bond donors (Lipinski definition) is 2. The SMILES string of the molecule is CCc1c(NC(=O)N2CCC(C(=O)O)CC2)cnn1-c1ccc(Cl)cc1. The molecular weight excluding hydrogens is 356 g/mol. The van der Waals surface area contributed by atoms with Gasteiger partial charge in [0.2, 0.25) is 0 Å². The number of aliphatic carboxylic acids is 1. The van der Waals surface area contributed by atoms with Gasteiger partial charge in [0.1, 0.15) is 0 Å². The lowest BCUT2D eigenvalue weighted by molar-refractivity contribution is -0.143. The van der Waals surface area contributed by atoms with Crippen molar-refractivity contribution in [3.8, 4) is 5.69 Å². The van der Waals surface area contributed by atoms with Gasteiger partial charge in [-0.15, -0.1) is 0 Å². The number of anilines is 1. The van der Waals surface area contributed by atoms with E-state index in [2.05, 4.69) is 10.4 Å². The van der Waals surface area contributed by atoms with Crippen LogP contribution in [0.3, 0.4) is 0 Å². The molecule has 1 aliphatic rings. The Morgan fingerprint density at radius 1 is 1.27 bits per heavy atom. The van der Waals surface area contributed by atoms with E-state index in [0.29, 0.717) is 43.1 Å². The summed E-state index contributed by atoms with van der Waals surface area (Å²) in [4.78, 5) is 25.2. The molecule has 2 amide bonds. The molecule has 0 aliphatic carbocycles. The van der Waals surface area contributed by atoms with E-state index in [4.69, 9.17) is 16.7 Å². The van der Waals surface area contributed by atoms with E-state index in [0.717, 1.165) is 11.4 Å². The highest BCUT2D eigenvalue weighted by atomic mass is 35.5. The van der Waals surface area contributed by atoms with Gasteiger partial charge in [-0.2, -0.15) is 5.10 Å². The summed E-state index contributed by atoms with van der Waals surface area (Å²) >= 11 is 5.93. The van der Waals surface area contributed by atoms with Gasteiger partial charge in [0.05, 0.1) is 29.2 Å². The number of nitrogens with one attached hydrogen (secondary N) is 1. The summed E-state index contributed by atoms with van der Waals surface area (Å²) < 4.78 is 1.78. The van der Waals surface area contributed by atoms with Crippen LogP contribution in [0.1, 0.15) is 25.5 Å². The number of hydrogen-bond acceptors (Lipinski definition) is 3. The number of benzene rings is 1. The van der Waals surface area contributed by atoms with Crippen molar-refractivity contribution in [2.45, 2.75) is 26.2 Å². The number of halogens is 1. The molecule has 8 heteroatoms. The maximum Gasteiger partial charge on any atom is 0.321 e. The minimum atomic E-state index is -0.789. The summed E-state index contributed by atoms with van der Waals surface area (Å²) in [6.07, 6.45) is 3.29. The first-order valence-corrected chi connectivity index (χ1v) is 8.99. The molecular formula is C18H21ClN4O3. The first-order valence-electron chi connectivity index (χ1n) is 8.61. The van der Waals surface area contributed by atoms with Crippen molar-refractivity contribution in [1.82, 2.24) is 14.7 Å². The highest BCUT2D eigenvalue weighted by molar-refractivity contribution is 6.30. The molecule has 0 atom stereocenters. The lowest BCUT2D eigenvalue weighted by atomic mass is 9.97. The second-order valence-corrected chi connectivity index (χ2v) is 6.71. The molecule has 2 N–H and O–H groups in total. The van der Waals surface area contributed by atoms with Gasteiger partial charge in [-0.1, -0.05) is 18.5 Å². The molecule has 2 heterocycles. The molecule has 0 spiro atoms. The van der Waals surface area contributed by atoms with Crippen molar-refractivity contribution >= 4 is 29.3 Å². The third kappa shape index (κ3) is 3.83. The molecule has 0 saturated carbocycles. The van der Waals surface area contributed by atoms with Crippen LogP contribution in [0.5, 0.6) is 0 Å². The Hall–Kier alpha value is -2.54. The van der Waals surface area contributed by atoms with Crippen molar-refractivity contribution in [3.63, 3.8) is 0 Å². The molecule has 1 aromatic heterocycles. The summed E-state index contributed by atoms with van der Waals surface area (Å²) in [7, 11) is 0. The normalized spacial score (nSPS) is 15.1. The zero-order valence-corrected chi connectivity index (χ0v) is 15.2. The van der Waals surface area contributed by atoms with E-state index in [1.807, 2.05) is 19.1 Å². The van der Waals surface area contributed by atoms with Crippen molar-refractivity contribution in [2.24, 2.45) is 5.92 Å². The lowest BCUT2D eigenvalue weighted by Crippen LogP contribution is -2.42. The van der Waals surface area contributed by atoms with Gasteiger partial charge in [0.15, 0.2) is 0 Å². The molecule has 0 bridgehead atoms. The van der Waals surface area contributed by atoms with Crippen molar-refractivity contribution in [1.29, 1.82) is 0 Å². The summed E-state index contributed by atoms with van der Waals surface area (Å²) in [6, 6.07) is 7.11. The molecule has 138 valence electrons. The number of carboxylic acids is 1. The van der Waals surface area contributed by atoms with Crippen LogP contribution in [0.15, 0.2) is 30.5 Å². The fourth-order valence-corrected chi connectivity index (χ4v) is 3.27. The molecule has 26 heavy (non-hydrogen) atoms. The van der Waals surface area contributed by atoms with Crippen molar-refractivity contribution < 1.29 is 14.7 Å². The van der Waals surface area contributed by atoms with Crippen LogP contribution < -0.4 is 5.32 Å². The van der Waals surface area contributed by atoms with Crippen LogP contribution in [0.4, 0.5) is 10.5 Å². The number of carbonyl (C=O) groups excluding carboxylic acids is 1. The minimum Gasteiger partial charge on any atom is -0.481 e. The molecule has 1 fully saturated rings. The van der Waals surface area contributed by atoms with Gasteiger partial charge >= 0.3 is 12.0 Å². The minimum absolute atomic E-state index is 0.223. The zero-order chi connectivity index (χ0) is 18.7. The number of aromatic nitrogens is 2. The number of urea groups is 1. The van der Waals surface area contributed by atoms with Gasteiger partial charge in [-0.05, 0) is 43.5 Å². The highest BCUT2D eigenvalue weighted by Crippen LogP contribution is 2.23. The van der Waals surface area contributed by atoms with Crippen molar-refractivity contribution in [2.75, 3.05) is 18.4 Å². The Kier molecular flexibility index (Phi) is 5.46. The summed E-state index contributed by atoms with van der Waals surface area (Å²) in [6.45, 7) is 2.88. The van der Waals surface area contributed by atoms with Crippen LogP contribution >= 0.6 is 11.6 Å². The van der Waals surface area contributed by atoms with E-state index in [1.54, 1.807) is 27.9 Å². The molecule has 1 aliphatic heterocycles. The fraction of sp³-hybridized carbons (Fsp3) is 0.389. The predicted molar refractivity (Wildman–Crippen MR) is 98.9 cm³/mol. The maximum absolute atomic E-state index is 12.5. The number of rotatable bonds is 4. The first-order chi connectivity index (χ1) is 12.5. The Balaban J connectivity index is 1.71.